The fraction of sp³-hybridized carbons (Fsp3) is 0.276. The van der Waals surface area contributed by atoms with E-state index < -0.39 is 0 Å². The van der Waals surface area contributed by atoms with Crippen molar-refractivity contribution in [3.05, 3.63) is 106 Å². The number of piperidine rings is 1. The van der Waals surface area contributed by atoms with Gasteiger partial charge < -0.3 is 5.32 Å². The molecule has 2 aliphatic heterocycles. The molecule has 1 saturated heterocycles. The molecule has 0 saturated carbocycles. The van der Waals surface area contributed by atoms with Crippen LogP contribution in [0.4, 0.5) is 0 Å². The lowest BCUT2D eigenvalue weighted by atomic mass is 10.1. The zero-order chi connectivity index (χ0) is 24.2. The standard InChI is InChI=1S/C29H29N3O3/c33-27(30-18-21-11-13-22(14-12-21)19-31-15-4-1-5-16-31)24-8-6-7-23(17-24)20-32-28(34)25-9-2-3-10-26(25)29(32)35/h2-3,6-14,17H,1,4-5,15-16,18-20H2,(H,30,33). The fourth-order valence-electron chi connectivity index (χ4n) is 4.80. The third-order valence-corrected chi connectivity index (χ3v) is 6.74. The molecule has 1 fully saturated rings. The molecule has 5 rings (SSSR count). The third-order valence-electron chi connectivity index (χ3n) is 6.74. The van der Waals surface area contributed by atoms with Crippen LogP contribution >= 0.6 is 0 Å². The van der Waals surface area contributed by atoms with Gasteiger partial charge in [-0.2, -0.15) is 0 Å². The summed E-state index contributed by atoms with van der Waals surface area (Å²) in [4.78, 5) is 41.8. The summed E-state index contributed by atoms with van der Waals surface area (Å²) in [5.41, 5.74) is 4.42. The Morgan fingerprint density at radius 3 is 2.06 bits per heavy atom. The Kier molecular flexibility index (Phi) is 6.73. The summed E-state index contributed by atoms with van der Waals surface area (Å²) in [5, 5.41) is 2.97. The summed E-state index contributed by atoms with van der Waals surface area (Å²) in [7, 11) is 0. The van der Waals surface area contributed by atoms with Crippen molar-refractivity contribution in [2.75, 3.05) is 13.1 Å². The first-order valence-electron chi connectivity index (χ1n) is 12.2. The molecule has 178 valence electrons. The van der Waals surface area contributed by atoms with E-state index in [2.05, 4.69) is 34.5 Å². The number of likely N-dealkylation sites (tertiary alicyclic amines) is 1. The van der Waals surface area contributed by atoms with Gasteiger partial charge in [-0.05, 0) is 66.9 Å². The van der Waals surface area contributed by atoms with Crippen molar-refractivity contribution >= 4 is 17.7 Å². The van der Waals surface area contributed by atoms with E-state index in [1.807, 2.05) is 6.07 Å². The molecule has 3 aromatic carbocycles. The zero-order valence-electron chi connectivity index (χ0n) is 19.7. The van der Waals surface area contributed by atoms with Gasteiger partial charge in [0.25, 0.3) is 17.7 Å². The number of carbonyl (C=O) groups excluding carboxylic acids is 3. The van der Waals surface area contributed by atoms with Crippen LogP contribution in [-0.2, 0) is 19.6 Å². The van der Waals surface area contributed by atoms with Crippen LogP contribution in [0.2, 0.25) is 0 Å². The summed E-state index contributed by atoms with van der Waals surface area (Å²) in [5.74, 6) is -0.792. The molecule has 6 heteroatoms. The maximum atomic E-state index is 12.8. The van der Waals surface area contributed by atoms with Crippen LogP contribution in [0.15, 0.2) is 72.8 Å². The molecule has 0 spiro atoms. The number of hydrogen-bond donors (Lipinski definition) is 1. The van der Waals surface area contributed by atoms with Crippen molar-refractivity contribution in [3.8, 4) is 0 Å². The average Bonchev–Trinajstić information content (AvgIpc) is 3.14. The minimum Gasteiger partial charge on any atom is -0.348 e. The fourth-order valence-corrected chi connectivity index (χ4v) is 4.80. The number of rotatable bonds is 7. The van der Waals surface area contributed by atoms with Gasteiger partial charge in [0.1, 0.15) is 0 Å². The number of amides is 3. The number of fused-ring (bicyclic) bond motifs is 1. The minimum absolute atomic E-state index is 0.131. The van der Waals surface area contributed by atoms with Gasteiger partial charge in [-0.3, -0.25) is 24.2 Å². The van der Waals surface area contributed by atoms with E-state index in [9.17, 15) is 14.4 Å². The number of hydrogen-bond acceptors (Lipinski definition) is 4. The Hall–Kier alpha value is -3.77. The molecule has 0 atom stereocenters. The SMILES string of the molecule is O=C(NCc1ccc(CN2CCCCC2)cc1)c1cccc(CN2C(=O)c3ccccc3C2=O)c1. The molecule has 2 heterocycles. The molecule has 1 N–H and O–H groups in total. The number of nitrogens with one attached hydrogen (secondary N) is 1. The molecule has 3 aromatic rings. The summed E-state index contributed by atoms with van der Waals surface area (Å²) in [6.45, 7) is 3.89. The molecule has 6 nitrogen and oxygen atoms in total. The molecule has 0 bridgehead atoms. The first-order valence-corrected chi connectivity index (χ1v) is 12.2. The van der Waals surface area contributed by atoms with Crippen LogP contribution in [0.5, 0.6) is 0 Å². The Morgan fingerprint density at radius 1 is 0.714 bits per heavy atom. The predicted octanol–water partition coefficient (Wildman–Crippen LogP) is 4.40. The average molecular weight is 468 g/mol. The van der Waals surface area contributed by atoms with Gasteiger partial charge in [-0.25, -0.2) is 0 Å². The largest absolute Gasteiger partial charge is 0.348 e. The molecule has 3 amide bonds. The molecule has 0 unspecified atom stereocenters. The van der Waals surface area contributed by atoms with Crippen molar-refractivity contribution in [1.29, 1.82) is 0 Å². The van der Waals surface area contributed by atoms with Crippen molar-refractivity contribution in [1.82, 2.24) is 15.1 Å². The molecule has 0 aliphatic carbocycles. The predicted molar refractivity (Wildman–Crippen MR) is 134 cm³/mol. The summed E-state index contributed by atoms with van der Waals surface area (Å²) >= 11 is 0. The van der Waals surface area contributed by atoms with Crippen molar-refractivity contribution in [3.63, 3.8) is 0 Å². The van der Waals surface area contributed by atoms with Crippen LogP contribution in [-0.4, -0.2) is 40.6 Å². The van der Waals surface area contributed by atoms with E-state index in [0.717, 1.165) is 17.7 Å². The second-order valence-electron chi connectivity index (χ2n) is 9.28. The highest BCUT2D eigenvalue weighted by Gasteiger charge is 2.35. The van der Waals surface area contributed by atoms with Crippen LogP contribution in [0.1, 0.15) is 67.0 Å². The molecule has 35 heavy (non-hydrogen) atoms. The highest BCUT2D eigenvalue weighted by Crippen LogP contribution is 2.24. The lowest BCUT2D eigenvalue weighted by Crippen LogP contribution is -2.29. The highest BCUT2D eigenvalue weighted by molar-refractivity contribution is 6.21. The van der Waals surface area contributed by atoms with Gasteiger partial charge in [-0.15, -0.1) is 0 Å². The van der Waals surface area contributed by atoms with Crippen LogP contribution < -0.4 is 5.32 Å². The number of imide groups is 1. The summed E-state index contributed by atoms with van der Waals surface area (Å²) in [6.07, 6.45) is 3.90. The van der Waals surface area contributed by atoms with Crippen molar-refractivity contribution in [2.24, 2.45) is 0 Å². The Balaban J connectivity index is 1.17. The normalized spacial score (nSPS) is 15.8. The molecular weight excluding hydrogens is 438 g/mol. The van der Waals surface area contributed by atoms with E-state index in [-0.39, 0.29) is 24.3 Å². The Bertz CT molecular complexity index is 1210. The number of benzene rings is 3. The number of nitrogens with zero attached hydrogens (tertiary/aromatic N) is 2. The Morgan fingerprint density at radius 2 is 1.37 bits per heavy atom. The molecule has 2 aliphatic rings. The maximum absolute atomic E-state index is 12.8. The van der Waals surface area contributed by atoms with Gasteiger partial charge >= 0.3 is 0 Å². The minimum atomic E-state index is -0.302. The van der Waals surface area contributed by atoms with Gasteiger partial charge in [-0.1, -0.05) is 55.0 Å². The third kappa shape index (κ3) is 5.17. The van der Waals surface area contributed by atoms with Crippen molar-refractivity contribution < 1.29 is 14.4 Å². The van der Waals surface area contributed by atoms with Crippen LogP contribution in [0, 0.1) is 0 Å². The topological polar surface area (TPSA) is 69.7 Å². The quantitative estimate of drug-likeness (QED) is 0.523. The van der Waals surface area contributed by atoms with Gasteiger partial charge in [0.15, 0.2) is 0 Å². The number of carbonyl (C=O) groups is 3. The van der Waals surface area contributed by atoms with Gasteiger partial charge in [0.2, 0.25) is 0 Å². The van der Waals surface area contributed by atoms with E-state index in [0.29, 0.717) is 23.2 Å². The Labute approximate surface area is 205 Å². The monoisotopic (exact) mass is 467 g/mol. The van der Waals surface area contributed by atoms with Crippen molar-refractivity contribution in [2.45, 2.75) is 38.9 Å². The maximum Gasteiger partial charge on any atom is 0.261 e. The van der Waals surface area contributed by atoms with E-state index in [1.54, 1.807) is 42.5 Å². The highest BCUT2D eigenvalue weighted by atomic mass is 16.2. The summed E-state index contributed by atoms with van der Waals surface area (Å²) in [6, 6.07) is 22.3. The van der Waals surface area contributed by atoms with E-state index >= 15 is 0 Å². The molecule has 0 aromatic heterocycles. The van der Waals surface area contributed by atoms with Gasteiger partial charge in [0, 0.05) is 18.7 Å². The second-order valence-corrected chi connectivity index (χ2v) is 9.28. The van der Waals surface area contributed by atoms with Gasteiger partial charge in [0.05, 0.1) is 17.7 Å². The van der Waals surface area contributed by atoms with Crippen LogP contribution in [0.25, 0.3) is 0 Å². The summed E-state index contributed by atoms with van der Waals surface area (Å²) < 4.78 is 0. The van der Waals surface area contributed by atoms with E-state index in [1.165, 1.54) is 42.8 Å². The molecular formula is C29H29N3O3. The van der Waals surface area contributed by atoms with Crippen LogP contribution in [0.3, 0.4) is 0 Å². The lowest BCUT2D eigenvalue weighted by Gasteiger charge is -2.26. The first kappa shape index (κ1) is 23.0. The molecule has 0 radical (unpaired) electrons. The zero-order valence-corrected chi connectivity index (χ0v) is 19.7. The second kappa shape index (κ2) is 10.2. The smallest absolute Gasteiger partial charge is 0.261 e. The van der Waals surface area contributed by atoms with E-state index in [4.69, 9.17) is 0 Å². The first-order chi connectivity index (χ1) is 17.1. The lowest BCUT2D eigenvalue weighted by molar-refractivity contribution is 0.0642.